The van der Waals surface area contributed by atoms with Crippen molar-refractivity contribution in [1.82, 2.24) is 5.32 Å². The Hall–Kier alpha value is -0.970. The molecule has 100 valence electrons. The largest absolute Gasteiger partial charge is 0.396 e. The third kappa shape index (κ3) is 5.12. The van der Waals surface area contributed by atoms with Gasteiger partial charge in [-0.2, -0.15) is 0 Å². The lowest BCUT2D eigenvalue weighted by molar-refractivity contribution is 0.158. The van der Waals surface area contributed by atoms with E-state index in [1.807, 2.05) is 13.8 Å². The summed E-state index contributed by atoms with van der Waals surface area (Å²) in [6.45, 7) is 4.06. The van der Waals surface area contributed by atoms with Gasteiger partial charge in [-0.15, -0.1) is 0 Å². The lowest BCUT2D eigenvalue weighted by Gasteiger charge is -2.21. The van der Waals surface area contributed by atoms with Crippen molar-refractivity contribution in [1.29, 1.82) is 0 Å². The minimum atomic E-state index is -0.366. The van der Waals surface area contributed by atoms with Crippen LogP contribution in [-0.2, 0) is 0 Å². The predicted molar refractivity (Wildman–Crippen MR) is 74.4 cm³/mol. The van der Waals surface area contributed by atoms with E-state index >= 15 is 0 Å². The van der Waals surface area contributed by atoms with Gasteiger partial charge in [0.1, 0.15) is 0 Å². The molecule has 0 saturated heterocycles. The van der Waals surface area contributed by atoms with E-state index in [-0.39, 0.29) is 18.1 Å². The molecule has 1 rings (SSSR count). The summed E-state index contributed by atoms with van der Waals surface area (Å²) >= 11 is 11.6. The molecular weight excluding hydrogens is 275 g/mol. The highest BCUT2D eigenvalue weighted by Gasteiger charge is 2.17. The van der Waals surface area contributed by atoms with Gasteiger partial charge in [0.25, 0.3) is 0 Å². The number of aliphatic hydroxyl groups excluding tert-OH is 1. The number of benzene rings is 1. The zero-order chi connectivity index (χ0) is 13.8. The lowest BCUT2D eigenvalue weighted by atomic mass is 9.95. The zero-order valence-electron chi connectivity index (χ0n) is 10.3. The van der Waals surface area contributed by atoms with Gasteiger partial charge in [0, 0.05) is 34.3 Å². The number of aliphatic hydroxyl groups is 1. The first-order valence-electron chi connectivity index (χ1n) is 5.44. The van der Waals surface area contributed by atoms with E-state index in [0.717, 1.165) is 0 Å². The molecule has 0 aromatic heterocycles. The Balaban J connectivity index is 2.55. The van der Waals surface area contributed by atoms with E-state index < -0.39 is 0 Å². The standard InChI is InChI=1S/C12H16Cl2N2O2/c1-12(2,7-17)6-15-11(18)16-10-4-8(13)3-9(14)5-10/h3-5,17H,6-7H2,1-2H3,(H2,15,16,18). The third-order valence-corrected chi connectivity index (χ3v) is 2.71. The second-order valence-corrected chi connectivity index (χ2v) is 5.66. The van der Waals surface area contributed by atoms with Crippen LogP contribution in [0.25, 0.3) is 0 Å². The van der Waals surface area contributed by atoms with Crippen LogP contribution < -0.4 is 10.6 Å². The fourth-order valence-corrected chi connectivity index (χ4v) is 1.70. The summed E-state index contributed by atoms with van der Waals surface area (Å²) in [5.41, 5.74) is 0.162. The Morgan fingerprint density at radius 3 is 2.33 bits per heavy atom. The maximum atomic E-state index is 11.6. The Bertz CT molecular complexity index is 416. The molecule has 0 fully saturated rings. The second kappa shape index (κ2) is 6.27. The summed E-state index contributed by atoms with van der Waals surface area (Å²) in [7, 11) is 0. The van der Waals surface area contributed by atoms with E-state index in [4.69, 9.17) is 28.3 Å². The average Bonchev–Trinajstić information content (AvgIpc) is 2.25. The molecule has 18 heavy (non-hydrogen) atoms. The maximum absolute atomic E-state index is 11.6. The summed E-state index contributed by atoms with van der Waals surface area (Å²) in [6.07, 6.45) is 0. The quantitative estimate of drug-likeness (QED) is 0.798. The van der Waals surface area contributed by atoms with Gasteiger partial charge in [0.15, 0.2) is 0 Å². The molecular formula is C12H16Cl2N2O2. The Labute approximate surface area is 116 Å². The molecule has 3 N–H and O–H groups in total. The molecule has 2 amide bonds. The van der Waals surface area contributed by atoms with E-state index in [1.54, 1.807) is 18.2 Å². The SMILES string of the molecule is CC(C)(CO)CNC(=O)Nc1cc(Cl)cc(Cl)c1. The number of hydrogen-bond donors (Lipinski definition) is 3. The van der Waals surface area contributed by atoms with Crippen LogP contribution in [0.1, 0.15) is 13.8 Å². The summed E-state index contributed by atoms with van der Waals surface area (Å²) < 4.78 is 0. The summed E-state index contributed by atoms with van der Waals surface area (Å²) in [6, 6.07) is 4.42. The number of carbonyl (C=O) groups is 1. The van der Waals surface area contributed by atoms with Gasteiger partial charge in [-0.3, -0.25) is 0 Å². The number of anilines is 1. The maximum Gasteiger partial charge on any atom is 0.319 e. The van der Waals surface area contributed by atoms with E-state index in [2.05, 4.69) is 10.6 Å². The van der Waals surface area contributed by atoms with Crippen LogP contribution in [0.15, 0.2) is 18.2 Å². The molecule has 0 aliphatic rings. The van der Waals surface area contributed by atoms with Gasteiger partial charge < -0.3 is 15.7 Å². The van der Waals surface area contributed by atoms with Crippen molar-refractivity contribution in [3.63, 3.8) is 0 Å². The highest BCUT2D eigenvalue weighted by Crippen LogP contribution is 2.22. The topological polar surface area (TPSA) is 61.4 Å². The molecule has 0 radical (unpaired) electrons. The van der Waals surface area contributed by atoms with Crippen LogP contribution in [0.2, 0.25) is 10.0 Å². The number of hydrogen-bond acceptors (Lipinski definition) is 2. The number of amides is 2. The van der Waals surface area contributed by atoms with Crippen molar-refractivity contribution < 1.29 is 9.90 Å². The van der Waals surface area contributed by atoms with Crippen molar-refractivity contribution in [3.05, 3.63) is 28.2 Å². The van der Waals surface area contributed by atoms with Crippen molar-refractivity contribution in [2.45, 2.75) is 13.8 Å². The monoisotopic (exact) mass is 290 g/mol. The molecule has 0 heterocycles. The highest BCUT2D eigenvalue weighted by atomic mass is 35.5. The molecule has 0 aliphatic heterocycles. The normalized spacial score (nSPS) is 11.2. The molecule has 1 aromatic rings. The van der Waals surface area contributed by atoms with Gasteiger partial charge in [0.05, 0.1) is 0 Å². The first-order chi connectivity index (χ1) is 8.32. The molecule has 4 nitrogen and oxygen atoms in total. The minimum Gasteiger partial charge on any atom is -0.396 e. The molecule has 0 bridgehead atoms. The number of carbonyl (C=O) groups excluding carboxylic acids is 1. The lowest BCUT2D eigenvalue weighted by Crippen LogP contribution is -2.38. The molecule has 1 aromatic carbocycles. The van der Waals surface area contributed by atoms with Gasteiger partial charge in [0.2, 0.25) is 0 Å². The van der Waals surface area contributed by atoms with E-state index in [1.165, 1.54) is 0 Å². The molecule has 0 atom stereocenters. The predicted octanol–water partition coefficient (Wildman–Crippen LogP) is 3.13. The minimum absolute atomic E-state index is 0.00370. The van der Waals surface area contributed by atoms with E-state index in [9.17, 15) is 4.79 Å². The summed E-state index contributed by atoms with van der Waals surface area (Å²) in [4.78, 5) is 11.6. The van der Waals surface area contributed by atoms with Gasteiger partial charge in [-0.05, 0) is 18.2 Å². The molecule has 0 spiro atoms. The van der Waals surface area contributed by atoms with Crippen LogP contribution in [0.3, 0.4) is 0 Å². The Morgan fingerprint density at radius 2 is 1.83 bits per heavy atom. The Morgan fingerprint density at radius 1 is 1.28 bits per heavy atom. The van der Waals surface area contributed by atoms with Crippen molar-refractivity contribution >= 4 is 34.9 Å². The second-order valence-electron chi connectivity index (χ2n) is 4.79. The highest BCUT2D eigenvalue weighted by molar-refractivity contribution is 6.35. The average molecular weight is 291 g/mol. The first kappa shape index (κ1) is 15.1. The van der Waals surface area contributed by atoms with Crippen LogP contribution in [0.5, 0.6) is 0 Å². The summed E-state index contributed by atoms with van der Waals surface area (Å²) in [5.74, 6) is 0. The molecule has 0 saturated carbocycles. The van der Waals surface area contributed by atoms with Crippen molar-refractivity contribution in [2.75, 3.05) is 18.5 Å². The molecule has 0 unspecified atom stereocenters. The number of nitrogens with one attached hydrogen (secondary N) is 2. The van der Waals surface area contributed by atoms with Crippen LogP contribution in [0, 0.1) is 5.41 Å². The van der Waals surface area contributed by atoms with Crippen molar-refractivity contribution in [2.24, 2.45) is 5.41 Å². The fourth-order valence-electron chi connectivity index (χ4n) is 1.18. The third-order valence-electron chi connectivity index (χ3n) is 2.28. The van der Waals surface area contributed by atoms with Gasteiger partial charge in [-0.25, -0.2) is 4.79 Å². The smallest absolute Gasteiger partial charge is 0.319 e. The fraction of sp³-hybridized carbons (Fsp3) is 0.417. The number of halogens is 2. The Kier molecular flexibility index (Phi) is 5.26. The molecule has 6 heteroatoms. The van der Waals surface area contributed by atoms with Crippen molar-refractivity contribution in [3.8, 4) is 0 Å². The first-order valence-corrected chi connectivity index (χ1v) is 6.20. The number of rotatable bonds is 4. The molecule has 0 aliphatic carbocycles. The zero-order valence-corrected chi connectivity index (χ0v) is 11.8. The van der Waals surface area contributed by atoms with Crippen LogP contribution in [0.4, 0.5) is 10.5 Å². The van der Waals surface area contributed by atoms with E-state index in [0.29, 0.717) is 22.3 Å². The number of urea groups is 1. The van der Waals surface area contributed by atoms with Crippen LogP contribution >= 0.6 is 23.2 Å². The van der Waals surface area contributed by atoms with Gasteiger partial charge >= 0.3 is 6.03 Å². The van der Waals surface area contributed by atoms with Gasteiger partial charge in [-0.1, -0.05) is 37.0 Å². The summed E-state index contributed by atoms with van der Waals surface area (Å²) in [5, 5.41) is 15.3. The van der Waals surface area contributed by atoms with Crippen LogP contribution in [-0.4, -0.2) is 24.3 Å².